The number of ether oxygens (including phenoxy) is 1. The Labute approximate surface area is 194 Å². The number of β-amino-alcohol motifs (C(OH)–C–C–N with tert-alkyl or cyclic N) is 1. The second-order valence-corrected chi connectivity index (χ2v) is 9.50. The number of nitrogens with zero attached hydrogens (tertiary/aromatic N) is 2. The summed E-state index contributed by atoms with van der Waals surface area (Å²) in [6.45, 7) is -0.187. The first kappa shape index (κ1) is 24.0. The number of nitrogens with one attached hydrogen (secondary N) is 1. The minimum absolute atomic E-state index is 0.108. The number of aromatic nitrogens is 1. The van der Waals surface area contributed by atoms with Crippen LogP contribution in [0.25, 0.3) is 0 Å². The maximum absolute atomic E-state index is 12.6. The van der Waals surface area contributed by atoms with Crippen LogP contribution >= 0.6 is 0 Å². The first-order chi connectivity index (χ1) is 16.1. The van der Waals surface area contributed by atoms with Gasteiger partial charge in [-0.25, -0.2) is 13.1 Å². The quantitative estimate of drug-likeness (QED) is 0.523. The highest BCUT2D eigenvalue weighted by molar-refractivity contribution is 7.89. The van der Waals surface area contributed by atoms with Crippen molar-refractivity contribution in [3.63, 3.8) is 0 Å². The lowest BCUT2D eigenvalue weighted by atomic mass is 10.1. The maximum atomic E-state index is 12.6. The molecule has 1 aliphatic heterocycles. The van der Waals surface area contributed by atoms with E-state index in [1.807, 2.05) is 35.2 Å². The summed E-state index contributed by atoms with van der Waals surface area (Å²) in [5.74, 6) is -0.529. The molecule has 0 aliphatic carbocycles. The summed E-state index contributed by atoms with van der Waals surface area (Å²) in [6, 6.07) is 15.3. The number of aliphatic hydroxyl groups is 1. The van der Waals surface area contributed by atoms with Gasteiger partial charge in [0, 0.05) is 18.4 Å². The number of anilines is 2. The van der Waals surface area contributed by atoms with Crippen molar-refractivity contribution in [3.8, 4) is 5.75 Å². The van der Waals surface area contributed by atoms with Crippen LogP contribution in [-0.4, -0.2) is 44.1 Å². The molecule has 0 radical (unpaired) electrons. The van der Waals surface area contributed by atoms with Crippen molar-refractivity contribution in [3.05, 3.63) is 78.1 Å². The van der Waals surface area contributed by atoms with Crippen molar-refractivity contribution < 1.29 is 31.4 Å². The average molecular weight is 494 g/mol. The van der Waals surface area contributed by atoms with Crippen LogP contribution in [0.1, 0.15) is 11.3 Å². The van der Waals surface area contributed by atoms with Crippen LogP contribution in [0.3, 0.4) is 0 Å². The van der Waals surface area contributed by atoms with E-state index in [1.165, 1.54) is 0 Å². The van der Waals surface area contributed by atoms with Crippen molar-refractivity contribution in [1.29, 1.82) is 0 Å². The highest BCUT2D eigenvalue weighted by Gasteiger charge is 2.31. The van der Waals surface area contributed by atoms with Gasteiger partial charge < -0.3 is 14.7 Å². The molecule has 0 saturated carbocycles. The number of hydrogen-bond acceptors (Lipinski definition) is 6. The second-order valence-electron chi connectivity index (χ2n) is 7.73. The fourth-order valence-corrected chi connectivity index (χ4v) is 4.89. The van der Waals surface area contributed by atoms with E-state index in [9.17, 15) is 26.7 Å². The SMILES string of the molecule is O=S(=O)(NC[C@H](O)CN1c2ccccc2CCc2ncccc21)c1ccc(OC(F)(F)F)cc1. The zero-order valence-electron chi connectivity index (χ0n) is 17.9. The summed E-state index contributed by atoms with van der Waals surface area (Å²) in [4.78, 5) is 6.14. The average Bonchev–Trinajstić information content (AvgIpc) is 2.95. The lowest BCUT2D eigenvalue weighted by Crippen LogP contribution is -2.39. The maximum Gasteiger partial charge on any atom is 0.573 e. The number of benzene rings is 2. The van der Waals surface area contributed by atoms with Crippen molar-refractivity contribution in [2.45, 2.75) is 30.2 Å². The first-order valence-electron chi connectivity index (χ1n) is 10.5. The first-order valence-corrected chi connectivity index (χ1v) is 11.9. The topological polar surface area (TPSA) is 91.8 Å². The van der Waals surface area contributed by atoms with Crippen LogP contribution in [0.2, 0.25) is 0 Å². The van der Waals surface area contributed by atoms with Gasteiger partial charge in [-0.05, 0) is 60.9 Å². The smallest absolute Gasteiger partial charge is 0.406 e. The number of pyridine rings is 1. The molecule has 0 unspecified atom stereocenters. The fraction of sp³-hybridized carbons (Fsp3) is 0.261. The summed E-state index contributed by atoms with van der Waals surface area (Å²) >= 11 is 0. The molecule has 1 aromatic heterocycles. The molecule has 180 valence electrons. The van der Waals surface area contributed by atoms with E-state index < -0.39 is 28.2 Å². The van der Waals surface area contributed by atoms with Crippen LogP contribution in [0.15, 0.2) is 71.8 Å². The predicted molar refractivity (Wildman–Crippen MR) is 119 cm³/mol. The Kier molecular flexibility index (Phi) is 6.78. The molecular weight excluding hydrogens is 471 g/mol. The predicted octanol–water partition coefficient (Wildman–Crippen LogP) is 3.56. The molecule has 1 atom stereocenters. The fourth-order valence-electron chi connectivity index (χ4n) is 3.82. The number of fused-ring (bicyclic) bond motifs is 2. The van der Waals surface area contributed by atoms with Crippen LogP contribution in [0, 0.1) is 0 Å². The molecular formula is C23H22F3N3O4S. The van der Waals surface area contributed by atoms with E-state index in [1.54, 1.807) is 12.3 Å². The number of halogens is 3. The van der Waals surface area contributed by atoms with Crippen LogP contribution in [0.5, 0.6) is 5.75 Å². The number of para-hydroxylation sites is 1. The summed E-state index contributed by atoms with van der Waals surface area (Å²) in [7, 11) is -4.06. The molecule has 3 aromatic rings. The molecule has 2 heterocycles. The van der Waals surface area contributed by atoms with Crippen molar-refractivity contribution >= 4 is 21.4 Å². The van der Waals surface area contributed by atoms with Crippen molar-refractivity contribution in [2.75, 3.05) is 18.0 Å². The molecule has 11 heteroatoms. The van der Waals surface area contributed by atoms with Gasteiger partial charge in [-0.2, -0.15) is 0 Å². The van der Waals surface area contributed by atoms with E-state index in [0.717, 1.165) is 59.7 Å². The summed E-state index contributed by atoms with van der Waals surface area (Å²) < 4.78 is 68.1. The lowest BCUT2D eigenvalue weighted by Gasteiger charge is -2.28. The highest BCUT2D eigenvalue weighted by Crippen LogP contribution is 2.35. The Morgan fingerprint density at radius 1 is 1.03 bits per heavy atom. The molecule has 0 spiro atoms. The largest absolute Gasteiger partial charge is 0.573 e. The number of aryl methyl sites for hydroxylation is 2. The lowest BCUT2D eigenvalue weighted by molar-refractivity contribution is -0.274. The van der Waals surface area contributed by atoms with Crippen molar-refractivity contribution in [2.24, 2.45) is 0 Å². The molecule has 0 amide bonds. The van der Waals surface area contributed by atoms with Gasteiger partial charge in [-0.3, -0.25) is 4.98 Å². The summed E-state index contributed by atoms with van der Waals surface area (Å²) in [5, 5.41) is 10.7. The van der Waals surface area contributed by atoms with E-state index in [-0.39, 0.29) is 18.0 Å². The molecule has 7 nitrogen and oxygen atoms in total. The Morgan fingerprint density at radius 3 is 2.47 bits per heavy atom. The molecule has 4 rings (SSSR count). The van der Waals surface area contributed by atoms with E-state index in [2.05, 4.69) is 14.4 Å². The van der Waals surface area contributed by atoms with Crippen LogP contribution < -0.4 is 14.4 Å². The van der Waals surface area contributed by atoms with Crippen LogP contribution in [-0.2, 0) is 22.9 Å². The zero-order valence-corrected chi connectivity index (χ0v) is 18.7. The number of sulfonamides is 1. The van der Waals surface area contributed by atoms with E-state index in [0.29, 0.717) is 0 Å². The van der Waals surface area contributed by atoms with Gasteiger partial charge in [0.25, 0.3) is 0 Å². The Hall–Kier alpha value is -3.15. The monoisotopic (exact) mass is 493 g/mol. The van der Waals surface area contributed by atoms with Crippen LogP contribution in [0.4, 0.5) is 24.5 Å². The van der Waals surface area contributed by atoms with E-state index in [4.69, 9.17) is 0 Å². The summed E-state index contributed by atoms with van der Waals surface area (Å²) in [5.41, 5.74) is 3.73. The van der Waals surface area contributed by atoms with Gasteiger partial charge in [0.1, 0.15) is 5.75 Å². The minimum Gasteiger partial charge on any atom is -0.406 e. The summed E-state index contributed by atoms with van der Waals surface area (Å²) in [6.07, 6.45) is -2.72. The van der Waals surface area contributed by atoms with Gasteiger partial charge in [-0.1, -0.05) is 18.2 Å². The molecule has 34 heavy (non-hydrogen) atoms. The molecule has 1 aliphatic rings. The Balaban J connectivity index is 1.46. The Bertz CT molecular complexity index is 1200. The van der Waals surface area contributed by atoms with Gasteiger partial charge in [0.15, 0.2) is 0 Å². The minimum atomic E-state index is -4.87. The molecule has 2 aromatic carbocycles. The third kappa shape index (κ3) is 5.66. The molecule has 0 fully saturated rings. The molecule has 2 N–H and O–H groups in total. The zero-order chi connectivity index (χ0) is 24.3. The number of rotatable bonds is 7. The molecule has 0 bridgehead atoms. The number of aliphatic hydroxyl groups excluding tert-OH is 1. The van der Waals surface area contributed by atoms with Gasteiger partial charge in [-0.15, -0.1) is 13.2 Å². The van der Waals surface area contributed by atoms with Gasteiger partial charge in [0.2, 0.25) is 10.0 Å². The van der Waals surface area contributed by atoms with Gasteiger partial charge in [0.05, 0.1) is 28.9 Å². The normalized spacial score (nSPS) is 14.6. The van der Waals surface area contributed by atoms with E-state index >= 15 is 0 Å². The number of alkyl halides is 3. The Morgan fingerprint density at radius 2 is 1.74 bits per heavy atom. The third-order valence-corrected chi connectivity index (χ3v) is 6.78. The third-order valence-electron chi connectivity index (χ3n) is 5.34. The van der Waals surface area contributed by atoms with Gasteiger partial charge >= 0.3 is 6.36 Å². The standard InChI is InChI=1S/C23H22F3N3O4S/c24-23(25,26)33-18-8-10-19(11-9-18)34(31,32)28-14-17(30)15-29-21-5-2-1-4-16(21)7-12-20-22(29)6-3-13-27-20/h1-6,8-11,13,17,28,30H,7,12,14-15H2/t17-/m0/s1. The second kappa shape index (κ2) is 9.61. The molecule has 0 saturated heterocycles. The van der Waals surface area contributed by atoms with Crippen molar-refractivity contribution in [1.82, 2.24) is 9.71 Å². The highest BCUT2D eigenvalue weighted by atomic mass is 32.2. The number of hydrogen-bond donors (Lipinski definition) is 2.